The quantitative estimate of drug-likeness (QED) is 0.0728. The maximum Gasteiger partial charge on any atom is 0.408 e. The van der Waals surface area contributed by atoms with Crippen molar-refractivity contribution in [3.8, 4) is 0 Å². The Kier molecular flexibility index (Phi) is 14.7. The summed E-state index contributed by atoms with van der Waals surface area (Å²) in [5.74, 6) is -8.82. The molecular weight excluding hydrogens is 747 g/mol. The molecule has 2 amide bonds. The minimum atomic E-state index is -3.10. The fourth-order valence-electron chi connectivity index (χ4n) is 6.07. The van der Waals surface area contributed by atoms with E-state index in [1.807, 2.05) is 66.0 Å². The van der Waals surface area contributed by atoms with Gasteiger partial charge in [0.2, 0.25) is 0 Å². The van der Waals surface area contributed by atoms with Crippen LogP contribution < -0.4 is 21.0 Å². The van der Waals surface area contributed by atoms with E-state index in [1.54, 1.807) is 27.7 Å². The second kappa shape index (κ2) is 18.2. The lowest BCUT2D eigenvalue weighted by molar-refractivity contribution is 0.0446. The van der Waals surface area contributed by atoms with Crippen molar-refractivity contribution in [2.45, 2.75) is 90.3 Å². The van der Waals surface area contributed by atoms with Crippen LogP contribution in [0.2, 0.25) is 5.04 Å². The number of amides is 2. The van der Waals surface area contributed by atoms with Crippen LogP contribution in [0.25, 0.3) is 0 Å². The van der Waals surface area contributed by atoms with Crippen molar-refractivity contribution in [2.24, 2.45) is 0 Å². The highest BCUT2D eigenvalue weighted by Gasteiger charge is 2.52. The molecule has 0 bridgehead atoms. The largest absolute Gasteiger partial charge is 0.465 e. The van der Waals surface area contributed by atoms with Gasteiger partial charge in [-0.25, -0.2) is 35.9 Å². The Morgan fingerprint density at radius 2 is 1.04 bits per heavy atom. The highest BCUT2D eigenvalue weighted by Crippen LogP contribution is 2.39. The van der Waals surface area contributed by atoms with Crippen LogP contribution in [0.3, 0.4) is 0 Å². The Balaban J connectivity index is 0.000000399. The molecule has 4 aromatic carbocycles. The molecular formula is C40H46F6N2O6Si. The fourth-order valence-corrected chi connectivity index (χ4v) is 10.8. The van der Waals surface area contributed by atoms with Crippen molar-refractivity contribution in [1.82, 2.24) is 10.6 Å². The van der Waals surface area contributed by atoms with E-state index in [-0.39, 0.29) is 16.2 Å². The zero-order valence-electron chi connectivity index (χ0n) is 31.7. The van der Waals surface area contributed by atoms with Gasteiger partial charge in [-0.2, -0.15) is 0 Å². The van der Waals surface area contributed by atoms with Crippen LogP contribution in [-0.4, -0.2) is 48.5 Å². The zero-order chi connectivity index (χ0) is 41.5. The number of carboxylic acid groups (broad SMARTS) is 1. The van der Waals surface area contributed by atoms with E-state index < -0.39 is 85.3 Å². The van der Waals surface area contributed by atoms with Crippen LogP contribution in [0, 0.1) is 34.9 Å². The summed E-state index contributed by atoms with van der Waals surface area (Å²) in [7, 11) is -3.10. The molecule has 0 saturated heterocycles. The lowest BCUT2D eigenvalue weighted by atomic mass is 10.0. The Labute approximate surface area is 317 Å². The molecule has 0 heterocycles. The summed E-state index contributed by atoms with van der Waals surface area (Å²) in [5.41, 5.74) is -0.979. The lowest BCUT2D eigenvalue weighted by Gasteiger charge is -2.46. The van der Waals surface area contributed by atoms with Gasteiger partial charge in [-0.05, 0) is 85.4 Å². The van der Waals surface area contributed by atoms with Gasteiger partial charge in [0.1, 0.15) is 5.60 Å². The molecule has 4 N–H and O–H groups in total. The number of alkyl carbamates (subject to hydrolysis) is 1. The summed E-state index contributed by atoms with van der Waals surface area (Å²) < 4.78 is 93.6. The average Bonchev–Trinajstić information content (AvgIpc) is 3.08. The molecule has 0 saturated carbocycles. The molecule has 0 fully saturated rings. The summed E-state index contributed by atoms with van der Waals surface area (Å²) in [6, 6.07) is 20.4. The number of ether oxygens (including phenoxy) is 1. The molecule has 0 aliphatic rings. The van der Waals surface area contributed by atoms with Crippen LogP contribution in [-0.2, 0) is 9.16 Å². The van der Waals surface area contributed by atoms with E-state index in [1.165, 1.54) is 6.92 Å². The number of carbonyl (C=O) groups excluding carboxylic acids is 1. The number of rotatable bonds is 10. The van der Waals surface area contributed by atoms with Crippen molar-refractivity contribution >= 4 is 30.9 Å². The van der Waals surface area contributed by atoms with E-state index in [0.717, 1.165) is 22.5 Å². The van der Waals surface area contributed by atoms with Crippen LogP contribution in [0.15, 0.2) is 84.9 Å². The van der Waals surface area contributed by atoms with Crippen LogP contribution in [0.1, 0.15) is 78.6 Å². The third-order valence-corrected chi connectivity index (χ3v) is 13.5. The first-order valence-corrected chi connectivity index (χ1v) is 19.1. The highest BCUT2D eigenvalue weighted by molar-refractivity contribution is 6.99. The Bertz CT molecular complexity index is 1840. The second-order valence-corrected chi connectivity index (χ2v) is 19.1. The first-order valence-electron chi connectivity index (χ1n) is 17.2. The van der Waals surface area contributed by atoms with Gasteiger partial charge < -0.3 is 30.0 Å². The molecule has 4 atom stereocenters. The number of benzene rings is 4. The molecule has 0 aliphatic heterocycles. The predicted octanol–water partition coefficient (Wildman–Crippen LogP) is 8.43. The molecule has 15 heteroatoms. The molecule has 4 rings (SSSR count). The van der Waals surface area contributed by atoms with Gasteiger partial charge in [0, 0.05) is 0 Å². The third kappa shape index (κ3) is 11.3. The maximum absolute atomic E-state index is 14.3. The van der Waals surface area contributed by atoms with Crippen molar-refractivity contribution in [1.29, 1.82) is 0 Å². The predicted molar refractivity (Wildman–Crippen MR) is 198 cm³/mol. The number of hydrogen-bond acceptors (Lipinski definition) is 5. The van der Waals surface area contributed by atoms with E-state index in [2.05, 4.69) is 26.1 Å². The van der Waals surface area contributed by atoms with Gasteiger partial charge >= 0.3 is 12.2 Å². The highest BCUT2D eigenvalue weighted by atomic mass is 28.4. The number of nitrogens with one attached hydrogen (secondary N) is 2. The number of carbonyl (C=O) groups is 2. The molecule has 0 radical (unpaired) electrons. The minimum absolute atomic E-state index is 0.0256. The van der Waals surface area contributed by atoms with E-state index >= 15 is 0 Å². The van der Waals surface area contributed by atoms with Gasteiger partial charge in [0.25, 0.3) is 8.32 Å². The van der Waals surface area contributed by atoms with Gasteiger partial charge in [-0.1, -0.05) is 81.4 Å². The topological polar surface area (TPSA) is 117 Å². The Morgan fingerprint density at radius 1 is 0.655 bits per heavy atom. The Morgan fingerprint density at radius 3 is 1.36 bits per heavy atom. The van der Waals surface area contributed by atoms with E-state index in [4.69, 9.17) is 14.3 Å². The second-order valence-electron chi connectivity index (χ2n) is 14.9. The van der Waals surface area contributed by atoms with Crippen molar-refractivity contribution in [3.05, 3.63) is 131 Å². The standard InChI is InChI=1S/C30H36F3NO3Si.C10H10F3NO3/c1-20(27(34-28(35)36-29(2,3)4)21-18-24(31)26(33)25(32)19-21)37-38(30(5,6)7,22-14-10-8-11-15-22)23-16-12-9-13-17-23;1-4(15)9(14-10(16)17)5-2-6(11)8(13)7(12)3-5/h8-20,27H,1-7H3,(H,34,35);2-4,9,14-15H,1H3,(H,16,17)/t20-,27+;4-,9+/m11/s1. The zero-order valence-corrected chi connectivity index (χ0v) is 32.7. The number of aliphatic hydroxyl groups excluding tert-OH is 1. The van der Waals surface area contributed by atoms with Gasteiger partial charge in [-0.3, -0.25) is 0 Å². The number of halogens is 6. The summed E-state index contributed by atoms with van der Waals surface area (Å²) in [6.07, 6.45) is -4.28. The monoisotopic (exact) mass is 792 g/mol. The summed E-state index contributed by atoms with van der Waals surface area (Å²) in [6.45, 7) is 14.4. The molecule has 8 nitrogen and oxygen atoms in total. The first kappa shape index (κ1) is 44.5. The van der Waals surface area contributed by atoms with Gasteiger partial charge in [0.05, 0.1) is 24.3 Å². The van der Waals surface area contributed by atoms with Gasteiger partial charge in [0.15, 0.2) is 34.9 Å². The fraction of sp³-hybridized carbons (Fsp3) is 0.350. The lowest BCUT2D eigenvalue weighted by Crippen LogP contribution is -2.68. The Hall–Kier alpha value is -4.86. The van der Waals surface area contributed by atoms with Crippen LogP contribution in [0.4, 0.5) is 35.9 Å². The molecule has 0 aliphatic carbocycles. The van der Waals surface area contributed by atoms with Crippen LogP contribution in [0.5, 0.6) is 0 Å². The van der Waals surface area contributed by atoms with Crippen molar-refractivity contribution in [3.63, 3.8) is 0 Å². The molecule has 0 spiro atoms. The van der Waals surface area contributed by atoms with E-state index in [9.17, 15) is 41.0 Å². The van der Waals surface area contributed by atoms with Crippen LogP contribution >= 0.6 is 0 Å². The van der Waals surface area contributed by atoms with Gasteiger partial charge in [-0.15, -0.1) is 0 Å². The number of aliphatic hydroxyl groups is 1. The maximum atomic E-state index is 14.3. The molecule has 0 unspecified atom stereocenters. The average molecular weight is 793 g/mol. The summed E-state index contributed by atoms with van der Waals surface area (Å²) >= 11 is 0. The molecule has 298 valence electrons. The normalized spacial score (nSPS) is 14.1. The first-order chi connectivity index (χ1) is 25.5. The van der Waals surface area contributed by atoms with Crippen molar-refractivity contribution < 1.29 is 55.3 Å². The SMILES string of the molecule is C[C@@H](O)[C@H](NC(=O)O)c1cc(F)c(F)c(F)c1.C[C@@H](O[Si](c1ccccc1)(c1ccccc1)C(C)(C)C)[C@H](NC(=O)OC(C)(C)C)c1cc(F)c(F)c(F)c1. The molecule has 4 aromatic rings. The van der Waals surface area contributed by atoms with Crippen molar-refractivity contribution in [2.75, 3.05) is 0 Å². The third-order valence-electron chi connectivity index (χ3n) is 8.41. The minimum Gasteiger partial charge on any atom is -0.465 e. The smallest absolute Gasteiger partial charge is 0.408 e. The summed E-state index contributed by atoms with van der Waals surface area (Å²) in [5, 5.41) is 24.0. The summed E-state index contributed by atoms with van der Waals surface area (Å²) in [4.78, 5) is 23.3. The number of hydrogen-bond donors (Lipinski definition) is 4. The van der Waals surface area contributed by atoms with E-state index in [0.29, 0.717) is 12.1 Å². The molecule has 0 aromatic heterocycles. The molecule has 55 heavy (non-hydrogen) atoms.